The van der Waals surface area contributed by atoms with E-state index in [0.717, 1.165) is 32.4 Å². The van der Waals surface area contributed by atoms with Crippen LogP contribution in [0.25, 0.3) is 0 Å². The lowest BCUT2D eigenvalue weighted by molar-refractivity contribution is -0.126. The normalized spacial score (nSPS) is 30.6. The Morgan fingerprint density at radius 1 is 1.35 bits per heavy atom. The summed E-state index contributed by atoms with van der Waals surface area (Å²) in [5.74, 6) is 1.37. The van der Waals surface area contributed by atoms with Crippen molar-refractivity contribution in [3.8, 4) is 0 Å². The molecular formula is C14H25NO2. The molecule has 0 aromatic carbocycles. The summed E-state index contributed by atoms with van der Waals surface area (Å²) in [6.07, 6.45) is 6.68. The zero-order chi connectivity index (χ0) is 12.3. The molecule has 1 N–H and O–H groups in total. The molecule has 2 aliphatic carbocycles. The van der Waals surface area contributed by atoms with Crippen LogP contribution in [-0.2, 0) is 4.79 Å². The third-order valence-electron chi connectivity index (χ3n) is 4.46. The highest BCUT2D eigenvalue weighted by Crippen LogP contribution is 2.30. The van der Waals surface area contributed by atoms with Crippen LogP contribution in [0.3, 0.4) is 0 Å². The van der Waals surface area contributed by atoms with Crippen molar-refractivity contribution in [2.45, 2.75) is 51.5 Å². The number of ketones is 1. The van der Waals surface area contributed by atoms with Gasteiger partial charge in [-0.05, 0) is 31.6 Å². The first-order chi connectivity index (χ1) is 8.20. The minimum atomic E-state index is 0.215. The summed E-state index contributed by atoms with van der Waals surface area (Å²) < 4.78 is 0. The van der Waals surface area contributed by atoms with Gasteiger partial charge in [0, 0.05) is 31.5 Å². The molecule has 2 unspecified atom stereocenters. The van der Waals surface area contributed by atoms with E-state index in [1.165, 1.54) is 19.3 Å². The van der Waals surface area contributed by atoms with Crippen LogP contribution >= 0.6 is 0 Å². The molecule has 0 bridgehead atoms. The number of carbonyl (C=O) groups excluding carboxylic acids is 1. The highest BCUT2D eigenvalue weighted by Gasteiger charge is 2.31. The summed E-state index contributed by atoms with van der Waals surface area (Å²) >= 11 is 0. The predicted molar refractivity (Wildman–Crippen MR) is 67.8 cm³/mol. The first-order valence-corrected chi connectivity index (χ1v) is 7.08. The standard InChI is InChI=1S/C14H25NO2/c1-11-5-6-14(17)12(9-11)10-15(7-8-16)13-3-2-4-13/h11-13,16H,2-10H2,1H3. The third-order valence-corrected chi connectivity index (χ3v) is 4.46. The van der Waals surface area contributed by atoms with Crippen molar-refractivity contribution >= 4 is 5.78 Å². The lowest BCUT2D eigenvalue weighted by Gasteiger charge is -2.40. The molecule has 0 spiro atoms. The number of aliphatic hydroxyl groups excluding tert-OH is 1. The van der Waals surface area contributed by atoms with E-state index < -0.39 is 0 Å². The van der Waals surface area contributed by atoms with Gasteiger partial charge in [0.15, 0.2) is 0 Å². The monoisotopic (exact) mass is 239 g/mol. The van der Waals surface area contributed by atoms with Gasteiger partial charge in [-0.3, -0.25) is 9.69 Å². The highest BCUT2D eigenvalue weighted by molar-refractivity contribution is 5.81. The molecule has 17 heavy (non-hydrogen) atoms. The van der Waals surface area contributed by atoms with Crippen LogP contribution in [0.15, 0.2) is 0 Å². The van der Waals surface area contributed by atoms with Gasteiger partial charge in [0.25, 0.3) is 0 Å². The van der Waals surface area contributed by atoms with Crippen LogP contribution in [0.5, 0.6) is 0 Å². The summed E-state index contributed by atoms with van der Waals surface area (Å²) in [6.45, 7) is 4.09. The second-order valence-electron chi connectivity index (χ2n) is 5.85. The van der Waals surface area contributed by atoms with Crippen molar-refractivity contribution in [3.63, 3.8) is 0 Å². The summed E-state index contributed by atoms with van der Waals surface area (Å²) in [5.41, 5.74) is 0. The van der Waals surface area contributed by atoms with Crippen LogP contribution in [0.4, 0.5) is 0 Å². The Morgan fingerprint density at radius 3 is 2.71 bits per heavy atom. The number of aliphatic hydroxyl groups is 1. The summed E-state index contributed by atoms with van der Waals surface area (Å²) in [5, 5.41) is 9.13. The van der Waals surface area contributed by atoms with Crippen molar-refractivity contribution in [2.24, 2.45) is 11.8 Å². The van der Waals surface area contributed by atoms with E-state index >= 15 is 0 Å². The molecular weight excluding hydrogens is 214 g/mol. The molecule has 3 heteroatoms. The maximum Gasteiger partial charge on any atom is 0.137 e. The topological polar surface area (TPSA) is 40.5 Å². The van der Waals surface area contributed by atoms with Crippen LogP contribution < -0.4 is 0 Å². The van der Waals surface area contributed by atoms with E-state index in [1.54, 1.807) is 0 Å². The Bertz CT molecular complexity index is 263. The van der Waals surface area contributed by atoms with Gasteiger partial charge in [0.05, 0.1) is 6.61 Å². The molecule has 0 amide bonds. The largest absolute Gasteiger partial charge is 0.395 e. The van der Waals surface area contributed by atoms with Crippen LogP contribution in [0.1, 0.15) is 45.4 Å². The zero-order valence-corrected chi connectivity index (χ0v) is 10.9. The zero-order valence-electron chi connectivity index (χ0n) is 10.9. The molecule has 0 heterocycles. The van der Waals surface area contributed by atoms with Crippen LogP contribution in [-0.4, -0.2) is 41.5 Å². The second kappa shape index (κ2) is 5.96. The lowest BCUT2D eigenvalue weighted by Crippen LogP contribution is -2.46. The summed E-state index contributed by atoms with van der Waals surface area (Å²) in [4.78, 5) is 14.3. The van der Waals surface area contributed by atoms with Crippen molar-refractivity contribution in [2.75, 3.05) is 19.7 Å². The molecule has 2 rings (SSSR count). The average molecular weight is 239 g/mol. The molecule has 0 radical (unpaired) electrons. The molecule has 2 aliphatic rings. The van der Waals surface area contributed by atoms with E-state index in [1.807, 2.05) is 0 Å². The van der Waals surface area contributed by atoms with E-state index in [4.69, 9.17) is 5.11 Å². The second-order valence-corrected chi connectivity index (χ2v) is 5.85. The highest BCUT2D eigenvalue weighted by atomic mass is 16.3. The molecule has 0 saturated heterocycles. The van der Waals surface area contributed by atoms with Gasteiger partial charge in [-0.2, -0.15) is 0 Å². The number of carbonyl (C=O) groups is 1. The maximum atomic E-state index is 11.9. The Hall–Kier alpha value is -0.410. The molecule has 0 aromatic rings. The fraction of sp³-hybridized carbons (Fsp3) is 0.929. The van der Waals surface area contributed by atoms with Crippen molar-refractivity contribution < 1.29 is 9.90 Å². The fourth-order valence-corrected chi connectivity index (χ4v) is 3.09. The fourth-order valence-electron chi connectivity index (χ4n) is 3.09. The van der Waals surface area contributed by atoms with Crippen molar-refractivity contribution in [3.05, 3.63) is 0 Å². The quantitative estimate of drug-likeness (QED) is 0.796. The van der Waals surface area contributed by atoms with E-state index in [0.29, 0.717) is 17.7 Å². The van der Waals surface area contributed by atoms with Gasteiger partial charge in [0.1, 0.15) is 5.78 Å². The number of Topliss-reactive ketones (excluding diaryl/α,β-unsaturated/α-hetero) is 1. The number of hydrogen-bond donors (Lipinski definition) is 1. The molecule has 98 valence electrons. The maximum absolute atomic E-state index is 11.9. The first-order valence-electron chi connectivity index (χ1n) is 7.08. The minimum Gasteiger partial charge on any atom is -0.395 e. The molecule has 2 atom stereocenters. The van der Waals surface area contributed by atoms with E-state index in [2.05, 4.69) is 11.8 Å². The molecule has 2 fully saturated rings. The Kier molecular flexibility index (Phi) is 4.57. The molecule has 2 saturated carbocycles. The minimum absolute atomic E-state index is 0.215. The summed E-state index contributed by atoms with van der Waals surface area (Å²) in [6, 6.07) is 0.632. The lowest BCUT2D eigenvalue weighted by atomic mass is 9.80. The Labute approximate surface area is 104 Å². The Morgan fingerprint density at radius 2 is 2.12 bits per heavy atom. The van der Waals surface area contributed by atoms with Crippen LogP contribution in [0, 0.1) is 11.8 Å². The molecule has 0 aliphatic heterocycles. The van der Waals surface area contributed by atoms with Gasteiger partial charge in [-0.25, -0.2) is 0 Å². The number of nitrogens with zero attached hydrogens (tertiary/aromatic N) is 1. The Balaban J connectivity index is 1.88. The van der Waals surface area contributed by atoms with Gasteiger partial charge in [-0.15, -0.1) is 0 Å². The van der Waals surface area contributed by atoms with Gasteiger partial charge in [-0.1, -0.05) is 13.3 Å². The number of rotatable bonds is 5. The van der Waals surface area contributed by atoms with Gasteiger partial charge < -0.3 is 5.11 Å². The first kappa shape index (κ1) is 13.0. The SMILES string of the molecule is CC1CCC(=O)C(CN(CCO)C2CCC2)C1. The van der Waals surface area contributed by atoms with Crippen molar-refractivity contribution in [1.82, 2.24) is 4.90 Å². The van der Waals surface area contributed by atoms with Gasteiger partial charge in [0.2, 0.25) is 0 Å². The average Bonchev–Trinajstić information content (AvgIpc) is 2.21. The molecule has 3 nitrogen and oxygen atoms in total. The van der Waals surface area contributed by atoms with E-state index in [-0.39, 0.29) is 12.5 Å². The number of hydrogen-bond acceptors (Lipinski definition) is 3. The smallest absolute Gasteiger partial charge is 0.137 e. The van der Waals surface area contributed by atoms with Crippen LogP contribution in [0.2, 0.25) is 0 Å². The predicted octanol–water partition coefficient (Wildman–Crippen LogP) is 1.84. The summed E-state index contributed by atoms with van der Waals surface area (Å²) in [7, 11) is 0. The third kappa shape index (κ3) is 3.29. The molecule has 0 aromatic heterocycles. The van der Waals surface area contributed by atoms with E-state index in [9.17, 15) is 4.79 Å². The van der Waals surface area contributed by atoms with Gasteiger partial charge >= 0.3 is 0 Å². The van der Waals surface area contributed by atoms with Crippen molar-refractivity contribution in [1.29, 1.82) is 0 Å².